The number of hydrogen-bond acceptors (Lipinski definition) is 5. The molecule has 2 aromatic heterocycles. The molecule has 7 heteroatoms. The van der Waals surface area contributed by atoms with Crippen LogP contribution in [0, 0.1) is 0 Å². The lowest BCUT2D eigenvalue weighted by Crippen LogP contribution is -2.38. The largest absolute Gasteiger partial charge is 0.461 e. The smallest absolute Gasteiger partial charge is 0.361 e. The molecule has 0 fully saturated rings. The number of nitrogens with zero attached hydrogens (tertiary/aromatic N) is 4. The lowest BCUT2D eigenvalue weighted by atomic mass is 9.77. The van der Waals surface area contributed by atoms with Gasteiger partial charge in [-0.3, -0.25) is 4.68 Å². The van der Waals surface area contributed by atoms with Crippen molar-refractivity contribution in [1.29, 1.82) is 0 Å². The summed E-state index contributed by atoms with van der Waals surface area (Å²) in [4.78, 5) is 12.3. The number of carbonyl (C=O) groups excluding carboxylic acids is 1. The zero-order chi connectivity index (χ0) is 27.4. The van der Waals surface area contributed by atoms with E-state index < -0.39 is 11.5 Å². The highest BCUT2D eigenvalue weighted by Gasteiger charge is 2.39. The fourth-order valence-corrected chi connectivity index (χ4v) is 5.17. The van der Waals surface area contributed by atoms with Crippen LogP contribution in [0.25, 0.3) is 22.5 Å². The summed E-state index contributed by atoms with van der Waals surface area (Å²) in [7, 11) is 0. The van der Waals surface area contributed by atoms with Crippen molar-refractivity contribution in [3.8, 4) is 22.5 Å². The Labute approximate surface area is 232 Å². The van der Waals surface area contributed by atoms with Crippen LogP contribution >= 0.6 is 0 Å². The Kier molecular flexibility index (Phi) is 6.77. The topological polar surface area (TPSA) is 85.7 Å². The molecule has 0 spiro atoms. The van der Waals surface area contributed by atoms with Gasteiger partial charge in [0.2, 0.25) is 0 Å². The van der Waals surface area contributed by atoms with Gasteiger partial charge in [0, 0.05) is 17.3 Å². The van der Waals surface area contributed by atoms with Crippen molar-refractivity contribution < 1.29 is 9.53 Å². The third-order valence-electron chi connectivity index (χ3n) is 6.98. The summed E-state index contributed by atoms with van der Waals surface area (Å²) in [6, 6.07) is 41.2. The molecular formula is C33H27N5O2. The van der Waals surface area contributed by atoms with Gasteiger partial charge in [0.25, 0.3) is 0 Å². The summed E-state index contributed by atoms with van der Waals surface area (Å²) in [5.74, 6) is -0.506. The third kappa shape index (κ3) is 4.37. The van der Waals surface area contributed by atoms with E-state index in [1.165, 1.54) is 0 Å². The van der Waals surface area contributed by atoms with Crippen LogP contribution in [0.5, 0.6) is 0 Å². The zero-order valence-electron chi connectivity index (χ0n) is 21.9. The fourth-order valence-electron chi connectivity index (χ4n) is 5.17. The minimum absolute atomic E-state index is 0.164. The number of hydrogen-bond donors (Lipinski definition) is 1. The molecule has 6 aromatic rings. The molecule has 0 aliphatic heterocycles. The van der Waals surface area contributed by atoms with Crippen molar-refractivity contribution in [1.82, 2.24) is 25.2 Å². The molecular weight excluding hydrogens is 498 g/mol. The van der Waals surface area contributed by atoms with Crippen LogP contribution in [0.3, 0.4) is 0 Å². The molecule has 0 amide bonds. The lowest BCUT2D eigenvalue weighted by Gasteiger charge is -2.36. The molecule has 2 heterocycles. The number of benzene rings is 4. The standard InChI is InChI=1S/C33H27N5O2/c1-2-40-32(39)31-30(34-37-35-31)25-20-18-24(19-21-25)29-22-23-38(36-29)33(26-12-6-3-7-13-26,27-14-8-4-9-15-27)28-16-10-5-11-17-28/h3-23H,2H2,1H3,(H,34,35,37). The van der Waals surface area contributed by atoms with E-state index in [2.05, 4.69) is 88.2 Å². The van der Waals surface area contributed by atoms with E-state index in [1.807, 2.05) is 59.4 Å². The van der Waals surface area contributed by atoms with Crippen molar-refractivity contribution in [2.24, 2.45) is 0 Å². The Hall–Kier alpha value is -5.30. The van der Waals surface area contributed by atoms with Crippen molar-refractivity contribution in [2.45, 2.75) is 12.5 Å². The van der Waals surface area contributed by atoms with Gasteiger partial charge in [-0.15, -0.1) is 5.10 Å². The monoisotopic (exact) mass is 525 g/mol. The summed E-state index contributed by atoms with van der Waals surface area (Å²) < 4.78 is 7.16. The molecule has 7 nitrogen and oxygen atoms in total. The van der Waals surface area contributed by atoms with Crippen LogP contribution in [0.15, 0.2) is 128 Å². The van der Waals surface area contributed by atoms with Gasteiger partial charge in [-0.05, 0) is 29.7 Å². The molecule has 0 saturated carbocycles. The van der Waals surface area contributed by atoms with Gasteiger partial charge < -0.3 is 4.74 Å². The second-order valence-corrected chi connectivity index (χ2v) is 9.27. The van der Waals surface area contributed by atoms with Crippen molar-refractivity contribution in [3.05, 3.63) is 150 Å². The summed E-state index contributed by atoms with van der Waals surface area (Å²) in [6.45, 7) is 2.02. The van der Waals surface area contributed by atoms with Gasteiger partial charge in [0.15, 0.2) is 5.69 Å². The zero-order valence-corrected chi connectivity index (χ0v) is 21.9. The third-order valence-corrected chi connectivity index (χ3v) is 6.98. The molecule has 196 valence electrons. The first kappa shape index (κ1) is 25.0. The first-order valence-electron chi connectivity index (χ1n) is 13.1. The number of aromatic nitrogens is 5. The Morgan fingerprint density at radius 3 is 1.77 bits per heavy atom. The van der Waals surface area contributed by atoms with Gasteiger partial charge in [0.1, 0.15) is 11.2 Å². The van der Waals surface area contributed by atoms with Crippen LogP contribution in [0.1, 0.15) is 34.1 Å². The Morgan fingerprint density at radius 2 is 1.25 bits per heavy atom. The first-order chi connectivity index (χ1) is 19.7. The second kappa shape index (κ2) is 10.8. The average Bonchev–Trinajstić information content (AvgIpc) is 3.71. The predicted molar refractivity (Wildman–Crippen MR) is 154 cm³/mol. The van der Waals surface area contributed by atoms with E-state index in [9.17, 15) is 4.79 Å². The van der Waals surface area contributed by atoms with Crippen molar-refractivity contribution in [2.75, 3.05) is 6.61 Å². The Morgan fingerprint density at radius 1 is 0.725 bits per heavy atom. The van der Waals surface area contributed by atoms with E-state index in [-0.39, 0.29) is 12.3 Å². The molecule has 6 rings (SSSR count). The number of aromatic amines is 1. The van der Waals surface area contributed by atoms with Crippen LogP contribution < -0.4 is 0 Å². The van der Waals surface area contributed by atoms with E-state index in [0.717, 1.165) is 33.5 Å². The highest BCUT2D eigenvalue weighted by atomic mass is 16.5. The van der Waals surface area contributed by atoms with Gasteiger partial charge in [-0.1, -0.05) is 115 Å². The lowest BCUT2D eigenvalue weighted by molar-refractivity contribution is 0.0520. The number of ether oxygens (including phenoxy) is 1. The number of nitrogens with one attached hydrogen (secondary N) is 1. The molecule has 0 bridgehead atoms. The Bertz CT molecular complexity index is 1610. The molecule has 0 aliphatic rings. The van der Waals surface area contributed by atoms with Crippen LogP contribution in [-0.4, -0.2) is 37.8 Å². The molecule has 0 aliphatic carbocycles. The molecule has 0 atom stereocenters. The summed E-state index contributed by atoms with van der Waals surface area (Å²) in [5, 5.41) is 15.8. The summed E-state index contributed by atoms with van der Waals surface area (Å²) in [6.07, 6.45) is 2.03. The van der Waals surface area contributed by atoms with Gasteiger partial charge in [-0.2, -0.15) is 15.4 Å². The Balaban J connectivity index is 1.45. The van der Waals surface area contributed by atoms with E-state index in [0.29, 0.717) is 5.69 Å². The minimum Gasteiger partial charge on any atom is -0.461 e. The molecule has 40 heavy (non-hydrogen) atoms. The van der Waals surface area contributed by atoms with Crippen LogP contribution in [0.4, 0.5) is 0 Å². The highest BCUT2D eigenvalue weighted by Crippen LogP contribution is 2.41. The van der Waals surface area contributed by atoms with Crippen molar-refractivity contribution in [3.63, 3.8) is 0 Å². The average molecular weight is 526 g/mol. The number of carbonyl (C=O) groups is 1. The first-order valence-corrected chi connectivity index (χ1v) is 13.1. The molecule has 1 N–H and O–H groups in total. The van der Waals surface area contributed by atoms with Crippen molar-refractivity contribution >= 4 is 5.97 Å². The van der Waals surface area contributed by atoms with Crippen LogP contribution in [0.2, 0.25) is 0 Å². The quantitative estimate of drug-likeness (QED) is 0.185. The van der Waals surface area contributed by atoms with E-state index >= 15 is 0 Å². The maximum absolute atomic E-state index is 12.3. The number of esters is 1. The SMILES string of the molecule is CCOC(=O)c1n[nH]nc1-c1ccc(-c2ccn(C(c3ccccc3)(c3ccccc3)c3ccccc3)n2)cc1. The summed E-state index contributed by atoms with van der Waals surface area (Å²) >= 11 is 0. The fraction of sp³-hybridized carbons (Fsp3) is 0.0909. The molecule has 4 aromatic carbocycles. The van der Waals surface area contributed by atoms with Gasteiger partial charge in [0.05, 0.1) is 12.3 Å². The maximum atomic E-state index is 12.3. The molecule has 0 radical (unpaired) electrons. The normalized spacial score (nSPS) is 11.3. The second-order valence-electron chi connectivity index (χ2n) is 9.27. The predicted octanol–water partition coefficient (Wildman–Crippen LogP) is 6.35. The molecule has 0 saturated heterocycles. The van der Waals surface area contributed by atoms with Gasteiger partial charge in [-0.25, -0.2) is 4.79 Å². The number of H-pyrrole nitrogens is 1. The van der Waals surface area contributed by atoms with Crippen LogP contribution in [-0.2, 0) is 10.3 Å². The minimum atomic E-state index is -0.683. The maximum Gasteiger partial charge on any atom is 0.361 e. The summed E-state index contributed by atoms with van der Waals surface area (Å²) in [5.41, 5.74) is 5.77. The highest BCUT2D eigenvalue weighted by molar-refractivity contribution is 5.94. The molecule has 0 unspecified atom stereocenters. The number of rotatable bonds is 8. The van der Waals surface area contributed by atoms with E-state index in [1.54, 1.807) is 6.92 Å². The van der Waals surface area contributed by atoms with E-state index in [4.69, 9.17) is 9.84 Å². The van der Waals surface area contributed by atoms with Gasteiger partial charge >= 0.3 is 5.97 Å².